The molecule has 0 unspecified atom stereocenters. The molecule has 0 amide bonds. The Morgan fingerprint density at radius 2 is 1.80 bits per heavy atom. The fourth-order valence-corrected chi connectivity index (χ4v) is 5.46. The lowest BCUT2D eigenvalue weighted by Crippen LogP contribution is -2.00. The molecule has 4 nitrogen and oxygen atoms in total. The Balaban J connectivity index is 1.67. The van der Waals surface area contributed by atoms with Gasteiger partial charge < -0.3 is 0 Å². The van der Waals surface area contributed by atoms with Crippen LogP contribution in [0.15, 0.2) is 71.2 Å². The van der Waals surface area contributed by atoms with Crippen LogP contribution in [0.2, 0.25) is 5.02 Å². The van der Waals surface area contributed by atoms with Gasteiger partial charge in [-0.3, -0.25) is 4.79 Å². The molecule has 6 rings (SSSR count). The normalized spacial score (nSPS) is 12.4. The standard InChI is InChI=1S/C23H11BrClN3OS/c24-13-5-3-4-12(10-13)20-19-21(15-6-1-2-7-16(15)22(19)29)28(27-20)23-26-17-9-8-14(25)11-18(17)30-23/h1-11H. The number of benzene rings is 3. The highest BCUT2D eigenvalue weighted by molar-refractivity contribution is 9.10. The van der Waals surface area contributed by atoms with E-state index in [1.54, 1.807) is 4.68 Å². The second-order valence-electron chi connectivity index (χ2n) is 6.98. The average Bonchev–Trinajstić information content (AvgIpc) is 3.41. The van der Waals surface area contributed by atoms with E-state index in [9.17, 15) is 4.79 Å². The molecule has 0 radical (unpaired) electrons. The van der Waals surface area contributed by atoms with Gasteiger partial charge in [0, 0.05) is 26.2 Å². The van der Waals surface area contributed by atoms with E-state index >= 15 is 0 Å². The first kappa shape index (κ1) is 18.0. The molecule has 5 aromatic rings. The van der Waals surface area contributed by atoms with Crippen molar-refractivity contribution in [3.8, 4) is 27.6 Å². The van der Waals surface area contributed by atoms with Crippen molar-refractivity contribution in [2.75, 3.05) is 0 Å². The SMILES string of the molecule is O=C1c2ccccc2-c2c1c(-c1cccc(Br)c1)nn2-c1nc2ccc(Cl)cc2s1. The minimum absolute atomic E-state index is 0.00835. The van der Waals surface area contributed by atoms with E-state index in [1.165, 1.54) is 11.3 Å². The lowest BCUT2D eigenvalue weighted by atomic mass is 10.0. The summed E-state index contributed by atoms with van der Waals surface area (Å²) in [7, 11) is 0. The maximum absolute atomic E-state index is 13.3. The van der Waals surface area contributed by atoms with Crippen molar-refractivity contribution in [1.29, 1.82) is 0 Å². The first-order valence-electron chi connectivity index (χ1n) is 9.20. The molecule has 0 saturated heterocycles. The van der Waals surface area contributed by atoms with Crippen molar-refractivity contribution in [3.05, 3.63) is 87.4 Å². The number of nitrogens with zero attached hydrogens (tertiary/aromatic N) is 3. The lowest BCUT2D eigenvalue weighted by Gasteiger charge is -2.03. The predicted molar refractivity (Wildman–Crippen MR) is 124 cm³/mol. The Bertz CT molecular complexity index is 1500. The Morgan fingerprint density at radius 3 is 2.63 bits per heavy atom. The van der Waals surface area contributed by atoms with Crippen molar-refractivity contribution in [2.24, 2.45) is 0 Å². The quantitative estimate of drug-likeness (QED) is 0.268. The molecule has 0 saturated carbocycles. The number of halogens is 2. The monoisotopic (exact) mass is 491 g/mol. The molecule has 0 fully saturated rings. The molecule has 0 N–H and O–H groups in total. The van der Waals surface area contributed by atoms with Crippen LogP contribution in [0.5, 0.6) is 0 Å². The molecule has 2 aromatic heterocycles. The van der Waals surface area contributed by atoms with Crippen molar-refractivity contribution in [1.82, 2.24) is 14.8 Å². The van der Waals surface area contributed by atoms with Gasteiger partial charge in [0.05, 0.1) is 21.5 Å². The Morgan fingerprint density at radius 1 is 0.967 bits per heavy atom. The van der Waals surface area contributed by atoms with Gasteiger partial charge >= 0.3 is 0 Å². The number of hydrogen-bond acceptors (Lipinski definition) is 4. The zero-order chi connectivity index (χ0) is 20.4. The number of carbonyl (C=O) groups is 1. The van der Waals surface area contributed by atoms with Gasteiger partial charge in [-0.15, -0.1) is 0 Å². The maximum atomic E-state index is 13.3. The van der Waals surface area contributed by atoms with Crippen molar-refractivity contribution in [2.45, 2.75) is 0 Å². The zero-order valence-corrected chi connectivity index (χ0v) is 18.4. The molecule has 7 heteroatoms. The Labute approximate surface area is 188 Å². The third kappa shape index (κ3) is 2.61. The number of ketones is 1. The highest BCUT2D eigenvalue weighted by atomic mass is 79.9. The summed E-state index contributed by atoms with van der Waals surface area (Å²) in [6, 6.07) is 21.1. The van der Waals surface area contributed by atoms with Gasteiger partial charge in [-0.2, -0.15) is 5.10 Å². The highest BCUT2D eigenvalue weighted by Gasteiger charge is 2.35. The number of thiazole rings is 1. The lowest BCUT2D eigenvalue weighted by molar-refractivity contribution is 0.104. The molecular formula is C23H11BrClN3OS. The van der Waals surface area contributed by atoms with Gasteiger partial charge in [-0.05, 0) is 30.3 Å². The summed E-state index contributed by atoms with van der Waals surface area (Å²) in [6.07, 6.45) is 0. The molecule has 1 aliphatic rings. The molecular weight excluding hydrogens is 482 g/mol. The minimum atomic E-state index is -0.00835. The first-order valence-corrected chi connectivity index (χ1v) is 11.2. The zero-order valence-electron chi connectivity index (χ0n) is 15.3. The summed E-state index contributed by atoms with van der Waals surface area (Å²) in [5.74, 6) is -0.00835. The van der Waals surface area contributed by atoms with Crippen LogP contribution in [-0.2, 0) is 0 Å². The molecule has 0 atom stereocenters. The minimum Gasteiger partial charge on any atom is -0.288 e. The van der Waals surface area contributed by atoms with Gasteiger partial charge in [-0.25, -0.2) is 9.67 Å². The van der Waals surface area contributed by atoms with E-state index in [4.69, 9.17) is 21.7 Å². The topological polar surface area (TPSA) is 47.8 Å². The highest BCUT2D eigenvalue weighted by Crippen LogP contribution is 2.43. The second kappa shape index (κ2) is 6.60. The van der Waals surface area contributed by atoms with Crippen molar-refractivity contribution >= 4 is 54.9 Å². The smallest absolute Gasteiger partial charge is 0.212 e. The van der Waals surface area contributed by atoms with Crippen LogP contribution < -0.4 is 0 Å². The Hall–Kier alpha value is -2.80. The number of rotatable bonds is 2. The van der Waals surface area contributed by atoms with Crippen LogP contribution in [0.1, 0.15) is 15.9 Å². The van der Waals surface area contributed by atoms with Gasteiger partial charge in [0.1, 0.15) is 5.69 Å². The van der Waals surface area contributed by atoms with Crippen molar-refractivity contribution in [3.63, 3.8) is 0 Å². The van der Waals surface area contributed by atoms with E-state index in [-0.39, 0.29) is 5.78 Å². The molecule has 3 aromatic carbocycles. The summed E-state index contributed by atoms with van der Waals surface area (Å²) in [4.78, 5) is 18.1. The van der Waals surface area contributed by atoms with Crippen LogP contribution in [0.25, 0.3) is 37.9 Å². The third-order valence-corrected chi connectivity index (χ3v) is 6.88. The van der Waals surface area contributed by atoms with Gasteiger partial charge in [-0.1, -0.05) is 75.3 Å². The van der Waals surface area contributed by atoms with E-state index in [0.717, 1.165) is 31.5 Å². The molecule has 144 valence electrons. The average molecular weight is 493 g/mol. The number of aromatic nitrogens is 3. The van der Waals surface area contributed by atoms with Crippen LogP contribution in [0.4, 0.5) is 0 Å². The summed E-state index contributed by atoms with van der Waals surface area (Å²) < 4.78 is 3.71. The summed E-state index contributed by atoms with van der Waals surface area (Å²) in [5.41, 5.74) is 5.37. The molecule has 0 bridgehead atoms. The molecule has 2 heterocycles. The van der Waals surface area contributed by atoms with E-state index in [2.05, 4.69) is 15.9 Å². The van der Waals surface area contributed by atoms with Crippen LogP contribution in [-0.4, -0.2) is 20.5 Å². The van der Waals surface area contributed by atoms with Crippen molar-refractivity contribution < 1.29 is 4.79 Å². The first-order chi connectivity index (χ1) is 14.6. The fraction of sp³-hybridized carbons (Fsp3) is 0. The predicted octanol–water partition coefficient (Wildman–Crippen LogP) is 6.78. The molecule has 0 aliphatic heterocycles. The van der Waals surface area contributed by atoms with Crippen LogP contribution >= 0.6 is 38.9 Å². The van der Waals surface area contributed by atoms with Gasteiger partial charge in [0.2, 0.25) is 5.13 Å². The largest absolute Gasteiger partial charge is 0.288 e. The van der Waals surface area contributed by atoms with E-state index in [0.29, 0.717) is 27.0 Å². The maximum Gasteiger partial charge on any atom is 0.212 e. The fourth-order valence-electron chi connectivity index (χ4n) is 3.86. The third-order valence-electron chi connectivity index (χ3n) is 5.16. The molecule has 0 spiro atoms. The van der Waals surface area contributed by atoms with Crippen LogP contribution in [0, 0.1) is 0 Å². The number of hydrogen-bond donors (Lipinski definition) is 0. The second-order valence-corrected chi connectivity index (χ2v) is 9.34. The van der Waals surface area contributed by atoms with E-state index in [1.807, 2.05) is 66.7 Å². The summed E-state index contributed by atoms with van der Waals surface area (Å²) in [5, 5.41) is 6.24. The van der Waals surface area contributed by atoms with Gasteiger partial charge in [0.15, 0.2) is 5.78 Å². The molecule has 30 heavy (non-hydrogen) atoms. The number of fused-ring (bicyclic) bond motifs is 4. The summed E-state index contributed by atoms with van der Waals surface area (Å²) >= 11 is 11.2. The summed E-state index contributed by atoms with van der Waals surface area (Å²) in [6.45, 7) is 0. The number of carbonyl (C=O) groups excluding carboxylic acids is 1. The van der Waals surface area contributed by atoms with Crippen LogP contribution in [0.3, 0.4) is 0 Å². The van der Waals surface area contributed by atoms with Gasteiger partial charge in [0.25, 0.3) is 0 Å². The Kier molecular flexibility index (Phi) is 3.96. The molecule has 1 aliphatic carbocycles. The van der Waals surface area contributed by atoms with E-state index < -0.39 is 0 Å².